The van der Waals surface area contributed by atoms with E-state index in [1.54, 1.807) is 19.1 Å². The number of hydrogen-bond acceptors (Lipinski definition) is 7. The quantitative estimate of drug-likeness (QED) is 0.467. The Hall–Kier alpha value is -3.45. The number of fused-ring (bicyclic) bond motifs is 1. The summed E-state index contributed by atoms with van der Waals surface area (Å²) in [4.78, 5) is 12.8. The normalized spacial score (nSPS) is 21.2. The molecule has 0 amide bonds. The summed E-state index contributed by atoms with van der Waals surface area (Å²) in [6, 6.07) is 15.1. The average molecular weight is 455 g/mol. The molecule has 1 aliphatic carbocycles. The first-order valence-electron chi connectivity index (χ1n) is 10.2. The van der Waals surface area contributed by atoms with E-state index in [0.29, 0.717) is 17.7 Å². The third-order valence-electron chi connectivity index (χ3n) is 5.62. The van der Waals surface area contributed by atoms with Gasteiger partial charge in [-0.05, 0) is 37.1 Å². The maximum atomic E-state index is 12.8. The lowest BCUT2D eigenvalue weighted by Crippen LogP contribution is -2.12. The number of halogens is 1. The SMILES string of the molecule is CC(=N)C1CC1Nc1ccc2oc(C3=COC(Cc4ccccc4)O3)c(O)c(=O)c2c1.Cl. The molecule has 0 bridgehead atoms. The maximum absolute atomic E-state index is 12.8. The van der Waals surface area contributed by atoms with Crippen molar-refractivity contribution in [2.75, 3.05) is 5.32 Å². The van der Waals surface area contributed by atoms with Crippen molar-refractivity contribution in [1.82, 2.24) is 0 Å². The second-order valence-electron chi connectivity index (χ2n) is 7.95. The first-order valence-corrected chi connectivity index (χ1v) is 10.2. The molecule has 2 heterocycles. The fraction of sp³-hybridized carbons (Fsp3) is 0.250. The van der Waals surface area contributed by atoms with Crippen LogP contribution in [-0.2, 0) is 15.9 Å². The standard InChI is InChI=1S/C24H22N2O5.ClH/c1-13(25)16-11-18(16)26-15-7-8-19-17(10-15)22(27)23(28)24(31-19)20-12-29-21(30-20)9-14-5-3-2-4-6-14;/h2-8,10,12,16,18,21,25-26,28H,9,11H2,1H3;1H. The molecule has 8 heteroatoms. The molecule has 2 aromatic carbocycles. The zero-order chi connectivity index (χ0) is 21.5. The highest BCUT2D eigenvalue weighted by atomic mass is 35.5. The van der Waals surface area contributed by atoms with Gasteiger partial charge in [-0.25, -0.2) is 0 Å². The molecule has 32 heavy (non-hydrogen) atoms. The van der Waals surface area contributed by atoms with Gasteiger partial charge >= 0.3 is 0 Å². The topological polar surface area (TPSA) is 105 Å². The molecule has 0 radical (unpaired) electrons. The second-order valence-corrected chi connectivity index (χ2v) is 7.95. The fourth-order valence-corrected chi connectivity index (χ4v) is 3.83. The first-order chi connectivity index (χ1) is 15.0. The number of aromatic hydroxyl groups is 1. The Morgan fingerprint density at radius 3 is 2.72 bits per heavy atom. The van der Waals surface area contributed by atoms with E-state index in [-0.39, 0.29) is 41.3 Å². The molecule has 1 aliphatic heterocycles. The van der Waals surface area contributed by atoms with Gasteiger partial charge in [0.2, 0.25) is 29.0 Å². The van der Waals surface area contributed by atoms with E-state index in [2.05, 4.69) is 5.32 Å². The summed E-state index contributed by atoms with van der Waals surface area (Å²) in [5, 5.41) is 21.8. The van der Waals surface area contributed by atoms with Gasteiger partial charge in [0.05, 0.1) is 5.39 Å². The van der Waals surface area contributed by atoms with Crippen LogP contribution in [0.3, 0.4) is 0 Å². The largest absolute Gasteiger partial charge is 0.501 e. The van der Waals surface area contributed by atoms with Gasteiger partial charge < -0.3 is 29.7 Å². The van der Waals surface area contributed by atoms with Gasteiger partial charge in [-0.1, -0.05) is 30.3 Å². The fourth-order valence-electron chi connectivity index (χ4n) is 3.83. The van der Waals surface area contributed by atoms with Crippen LogP contribution in [0.25, 0.3) is 16.7 Å². The molecular weight excluding hydrogens is 432 g/mol. The van der Waals surface area contributed by atoms with Gasteiger partial charge in [0.15, 0.2) is 0 Å². The molecule has 3 aromatic rings. The Balaban J connectivity index is 0.00000245. The molecule has 0 saturated heterocycles. The third kappa shape index (κ3) is 4.16. The molecule has 3 N–H and O–H groups in total. The summed E-state index contributed by atoms with van der Waals surface area (Å²) in [6.07, 6.45) is 2.22. The number of ether oxygens (including phenoxy) is 2. The molecular formula is C24H23ClN2O5. The summed E-state index contributed by atoms with van der Waals surface area (Å²) in [7, 11) is 0. The van der Waals surface area contributed by atoms with E-state index in [1.807, 2.05) is 36.4 Å². The monoisotopic (exact) mass is 454 g/mol. The zero-order valence-electron chi connectivity index (χ0n) is 17.3. The highest BCUT2D eigenvalue weighted by Gasteiger charge is 2.38. The minimum Gasteiger partial charge on any atom is -0.501 e. The van der Waals surface area contributed by atoms with Crippen LogP contribution in [0, 0.1) is 11.3 Å². The number of rotatable bonds is 6. The molecule has 3 unspecified atom stereocenters. The van der Waals surface area contributed by atoms with Crippen molar-refractivity contribution < 1.29 is 19.0 Å². The van der Waals surface area contributed by atoms with Crippen LogP contribution >= 0.6 is 12.4 Å². The smallest absolute Gasteiger partial charge is 0.244 e. The van der Waals surface area contributed by atoms with E-state index in [0.717, 1.165) is 17.7 Å². The molecule has 1 aromatic heterocycles. The first kappa shape index (κ1) is 21.8. The van der Waals surface area contributed by atoms with Crippen molar-refractivity contribution in [3.8, 4) is 5.75 Å². The van der Waals surface area contributed by atoms with Gasteiger partial charge in [0.1, 0.15) is 11.8 Å². The summed E-state index contributed by atoms with van der Waals surface area (Å²) in [5.41, 5.74) is 2.25. The molecule has 3 atom stereocenters. The highest BCUT2D eigenvalue weighted by molar-refractivity contribution is 5.87. The Kier molecular flexibility index (Phi) is 5.84. The van der Waals surface area contributed by atoms with E-state index < -0.39 is 17.5 Å². The lowest BCUT2D eigenvalue weighted by molar-refractivity contribution is -0.0145. The van der Waals surface area contributed by atoms with Crippen molar-refractivity contribution in [1.29, 1.82) is 5.41 Å². The van der Waals surface area contributed by atoms with Crippen molar-refractivity contribution >= 4 is 40.5 Å². The predicted molar refractivity (Wildman–Crippen MR) is 124 cm³/mol. The minimum absolute atomic E-state index is 0. The van der Waals surface area contributed by atoms with Crippen LogP contribution in [0.4, 0.5) is 5.69 Å². The van der Waals surface area contributed by atoms with Crippen molar-refractivity contribution in [2.45, 2.75) is 32.1 Å². The molecule has 1 saturated carbocycles. The third-order valence-corrected chi connectivity index (χ3v) is 5.62. The Morgan fingerprint density at radius 1 is 1.22 bits per heavy atom. The van der Waals surface area contributed by atoms with Gasteiger partial charge in [0, 0.05) is 29.8 Å². The molecule has 5 rings (SSSR count). The van der Waals surface area contributed by atoms with Crippen molar-refractivity contribution in [3.05, 3.63) is 76.3 Å². The van der Waals surface area contributed by atoms with Crippen LogP contribution in [0.2, 0.25) is 0 Å². The maximum Gasteiger partial charge on any atom is 0.244 e. The van der Waals surface area contributed by atoms with E-state index in [4.69, 9.17) is 19.3 Å². The van der Waals surface area contributed by atoms with Crippen LogP contribution in [0.1, 0.15) is 24.7 Å². The number of benzene rings is 2. The van der Waals surface area contributed by atoms with Crippen LogP contribution in [0.5, 0.6) is 5.75 Å². The van der Waals surface area contributed by atoms with Crippen LogP contribution in [0.15, 0.2) is 64.0 Å². The van der Waals surface area contributed by atoms with E-state index in [9.17, 15) is 9.90 Å². The van der Waals surface area contributed by atoms with E-state index in [1.165, 1.54) is 6.26 Å². The van der Waals surface area contributed by atoms with Crippen molar-refractivity contribution in [3.63, 3.8) is 0 Å². The van der Waals surface area contributed by atoms with Gasteiger partial charge in [0.25, 0.3) is 0 Å². The molecule has 166 valence electrons. The van der Waals surface area contributed by atoms with Gasteiger partial charge in [-0.3, -0.25) is 4.79 Å². The molecule has 0 spiro atoms. The summed E-state index contributed by atoms with van der Waals surface area (Å²) >= 11 is 0. The minimum atomic E-state index is -0.562. The Morgan fingerprint density at radius 2 is 2.00 bits per heavy atom. The van der Waals surface area contributed by atoms with Crippen molar-refractivity contribution in [2.24, 2.45) is 5.92 Å². The number of nitrogens with one attached hydrogen (secondary N) is 2. The Bertz CT molecular complexity index is 1250. The zero-order valence-corrected chi connectivity index (χ0v) is 18.1. The summed E-state index contributed by atoms with van der Waals surface area (Å²) < 4.78 is 17.1. The average Bonchev–Trinajstić information content (AvgIpc) is 3.39. The highest BCUT2D eigenvalue weighted by Crippen LogP contribution is 2.36. The van der Waals surface area contributed by atoms with E-state index >= 15 is 0 Å². The molecule has 7 nitrogen and oxygen atoms in total. The van der Waals surface area contributed by atoms with Crippen LogP contribution in [-0.4, -0.2) is 23.2 Å². The van der Waals surface area contributed by atoms with Gasteiger partial charge in [-0.15, -0.1) is 12.4 Å². The predicted octanol–water partition coefficient (Wildman–Crippen LogP) is 4.67. The van der Waals surface area contributed by atoms with Crippen LogP contribution < -0.4 is 10.7 Å². The second kappa shape index (κ2) is 8.59. The summed E-state index contributed by atoms with van der Waals surface area (Å²) in [6.45, 7) is 1.80. The lowest BCUT2D eigenvalue weighted by atomic mass is 10.1. The van der Waals surface area contributed by atoms with Gasteiger partial charge in [-0.2, -0.15) is 0 Å². The number of anilines is 1. The number of hydrogen-bond donors (Lipinski definition) is 3. The Labute approximate surface area is 190 Å². The summed E-state index contributed by atoms with van der Waals surface area (Å²) in [5.74, 6) is -0.143. The molecule has 2 aliphatic rings. The molecule has 1 fully saturated rings. The lowest BCUT2D eigenvalue weighted by Gasteiger charge is -2.12.